The number of halogens is 5. The van der Waals surface area contributed by atoms with E-state index in [9.17, 15) is 27.6 Å². The first-order valence-corrected chi connectivity index (χ1v) is 14.6. The van der Waals surface area contributed by atoms with Gasteiger partial charge in [-0.1, -0.05) is 71.7 Å². The molecule has 9 nitrogen and oxygen atoms in total. The maximum atomic E-state index is 13.7. The molecule has 3 unspecified atom stereocenters. The summed E-state index contributed by atoms with van der Waals surface area (Å²) in [6, 6.07) is 19.7. The van der Waals surface area contributed by atoms with Crippen molar-refractivity contribution in [3.05, 3.63) is 87.9 Å². The Hall–Kier alpha value is -4.13. The lowest BCUT2D eigenvalue weighted by Gasteiger charge is -2.32. The third-order valence-electron chi connectivity index (χ3n) is 7.99. The number of carbonyl (C=O) groups excluding carboxylic acids is 3. The summed E-state index contributed by atoms with van der Waals surface area (Å²) in [5.74, 6) is -5.19. The molecule has 0 aromatic heterocycles. The lowest BCUT2D eigenvalue weighted by molar-refractivity contribution is -0.192. The van der Waals surface area contributed by atoms with E-state index in [4.69, 9.17) is 42.6 Å². The van der Waals surface area contributed by atoms with E-state index < -0.39 is 41.5 Å². The van der Waals surface area contributed by atoms with Gasteiger partial charge in [-0.25, -0.2) is 4.79 Å². The number of carboxylic acid groups (broad SMARTS) is 1. The second kappa shape index (κ2) is 13.7. The molecule has 2 heterocycles. The first kappa shape index (κ1) is 34.7. The van der Waals surface area contributed by atoms with Gasteiger partial charge in [-0.2, -0.15) is 13.2 Å². The highest BCUT2D eigenvalue weighted by Crippen LogP contribution is 2.51. The fourth-order valence-electron chi connectivity index (χ4n) is 5.99. The van der Waals surface area contributed by atoms with E-state index in [2.05, 4.69) is 5.32 Å². The third-order valence-corrected chi connectivity index (χ3v) is 8.73. The summed E-state index contributed by atoms with van der Waals surface area (Å²) in [6.45, 7) is 1.98. The summed E-state index contributed by atoms with van der Waals surface area (Å²) in [4.78, 5) is 50.9. The number of hydrogen-bond donors (Lipinski definition) is 2. The van der Waals surface area contributed by atoms with Crippen molar-refractivity contribution in [2.75, 3.05) is 20.8 Å². The van der Waals surface area contributed by atoms with Gasteiger partial charge in [-0.05, 0) is 41.8 Å². The number of hydrogen-bond acceptors (Lipinski definition) is 7. The lowest BCUT2D eigenvalue weighted by Crippen LogP contribution is -2.57. The second-order valence-corrected chi connectivity index (χ2v) is 11.4. The maximum Gasteiger partial charge on any atom is 0.490 e. The molecule has 0 saturated carbocycles. The van der Waals surface area contributed by atoms with Gasteiger partial charge in [0.25, 0.3) is 0 Å². The van der Waals surface area contributed by atoms with Crippen LogP contribution in [0.15, 0.2) is 66.7 Å². The Bertz CT molecular complexity index is 1650. The molecule has 46 heavy (non-hydrogen) atoms. The van der Waals surface area contributed by atoms with Crippen LogP contribution in [0.4, 0.5) is 13.2 Å². The van der Waals surface area contributed by atoms with Crippen LogP contribution in [-0.2, 0) is 30.3 Å². The number of carboxylic acids is 1. The summed E-state index contributed by atoms with van der Waals surface area (Å²) >= 11 is 12.4. The number of fused-ring (bicyclic) bond motifs is 1. The van der Waals surface area contributed by atoms with Crippen molar-refractivity contribution in [3.63, 3.8) is 0 Å². The minimum atomic E-state index is -5.08. The smallest absolute Gasteiger partial charge is 0.490 e. The predicted molar refractivity (Wildman–Crippen MR) is 162 cm³/mol. The van der Waals surface area contributed by atoms with E-state index in [1.165, 1.54) is 12.0 Å². The summed E-state index contributed by atoms with van der Waals surface area (Å²) in [7, 11) is 2.86. The van der Waals surface area contributed by atoms with Crippen LogP contribution in [-0.4, -0.2) is 66.2 Å². The number of nitrogens with zero attached hydrogens (tertiary/aromatic N) is 1. The predicted octanol–water partition coefficient (Wildman–Crippen LogP) is 5.72. The maximum absolute atomic E-state index is 13.7. The number of imide groups is 1. The molecular formula is C32H29Cl2F3N2O7. The molecule has 2 saturated heterocycles. The van der Waals surface area contributed by atoms with Crippen molar-refractivity contribution >= 4 is 47.0 Å². The molecule has 2 aliphatic heterocycles. The number of amides is 2. The number of ether oxygens (including phenoxy) is 2. The number of carbonyl (C=O) groups is 4. The van der Waals surface area contributed by atoms with Gasteiger partial charge in [0.2, 0.25) is 11.8 Å². The van der Waals surface area contributed by atoms with Crippen molar-refractivity contribution in [2.24, 2.45) is 11.8 Å². The average molecular weight is 681 g/mol. The quantitative estimate of drug-likeness (QED) is 0.240. The van der Waals surface area contributed by atoms with E-state index in [0.29, 0.717) is 21.4 Å². The standard InChI is InChI=1S/C30H28Cl2N2O5.C2HF3O2/c1-4-34-27(35)24-25(28(34)36)30(29(37)39-3,16-17-8-6-5-7-9-17)33-26(24)19-10-12-20(23(15-19)38-2)18-11-13-21(31)22(32)14-18;3-2(4,5)1(6)7/h5-15,24-26,33H,4,16H2,1-3H3;(H,6,7)/t24?,25?,26?,30-;/m1./s1. The molecule has 2 N–H and O–H groups in total. The lowest BCUT2D eigenvalue weighted by atomic mass is 9.76. The zero-order valence-electron chi connectivity index (χ0n) is 24.7. The zero-order chi connectivity index (χ0) is 34.0. The molecular weight excluding hydrogens is 652 g/mol. The van der Waals surface area contributed by atoms with Gasteiger partial charge >= 0.3 is 18.1 Å². The van der Waals surface area contributed by atoms with E-state index in [-0.39, 0.29) is 24.8 Å². The molecule has 2 aliphatic rings. The minimum Gasteiger partial charge on any atom is -0.496 e. The fraction of sp³-hybridized carbons (Fsp3) is 0.312. The van der Waals surface area contributed by atoms with Gasteiger partial charge in [0.15, 0.2) is 0 Å². The van der Waals surface area contributed by atoms with E-state index in [1.807, 2.05) is 54.6 Å². The number of likely N-dealkylation sites (tertiary alicyclic amines) is 1. The van der Waals surface area contributed by atoms with Crippen LogP contribution in [0.1, 0.15) is 24.1 Å². The van der Waals surface area contributed by atoms with E-state index >= 15 is 0 Å². The van der Waals surface area contributed by atoms with Gasteiger partial charge in [-0.3, -0.25) is 24.6 Å². The molecule has 3 aromatic carbocycles. The van der Waals surface area contributed by atoms with Crippen molar-refractivity contribution in [2.45, 2.75) is 31.1 Å². The molecule has 2 fully saturated rings. The Balaban J connectivity index is 0.000000617. The minimum absolute atomic E-state index is 0.188. The number of alkyl halides is 3. The Labute approximate surface area is 272 Å². The van der Waals surface area contributed by atoms with Crippen LogP contribution in [0.2, 0.25) is 10.0 Å². The molecule has 0 spiro atoms. The molecule has 0 aliphatic carbocycles. The fourth-order valence-corrected chi connectivity index (χ4v) is 6.28. The summed E-state index contributed by atoms with van der Waals surface area (Å²) in [5.41, 5.74) is 1.71. The van der Waals surface area contributed by atoms with Gasteiger partial charge in [-0.15, -0.1) is 0 Å². The number of aliphatic carboxylic acids is 1. The molecule has 5 rings (SSSR count). The summed E-state index contributed by atoms with van der Waals surface area (Å²) in [5, 5.41) is 11.4. The molecule has 0 radical (unpaired) electrons. The van der Waals surface area contributed by atoms with Gasteiger partial charge in [0.1, 0.15) is 11.3 Å². The third kappa shape index (κ3) is 6.55. The van der Waals surface area contributed by atoms with Crippen LogP contribution in [0.25, 0.3) is 11.1 Å². The van der Waals surface area contributed by atoms with E-state index in [1.54, 1.807) is 26.2 Å². The summed E-state index contributed by atoms with van der Waals surface area (Å²) in [6.07, 6.45) is -4.90. The molecule has 14 heteroatoms. The van der Waals surface area contributed by atoms with E-state index in [0.717, 1.165) is 16.7 Å². The van der Waals surface area contributed by atoms with Crippen molar-refractivity contribution in [3.8, 4) is 16.9 Å². The molecule has 4 atom stereocenters. The number of methoxy groups -OCH3 is 2. The Morgan fingerprint density at radius 1 is 0.978 bits per heavy atom. The highest BCUT2D eigenvalue weighted by atomic mass is 35.5. The second-order valence-electron chi connectivity index (χ2n) is 10.6. The molecule has 244 valence electrons. The highest BCUT2D eigenvalue weighted by molar-refractivity contribution is 6.42. The number of nitrogens with one attached hydrogen (secondary N) is 1. The summed E-state index contributed by atoms with van der Waals surface area (Å²) < 4.78 is 42.7. The number of rotatable bonds is 7. The van der Waals surface area contributed by atoms with Crippen LogP contribution < -0.4 is 10.1 Å². The Kier molecular flexibility index (Phi) is 10.3. The Morgan fingerprint density at radius 3 is 2.17 bits per heavy atom. The zero-order valence-corrected chi connectivity index (χ0v) is 26.2. The molecule has 0 bridgehead atoms. The van der Waals surface area contributed by atoms with Crippen molar-refractivity contribution < 1.29 is 46.9 Å². The first-order valence-electron chi connectivity index (χ1n) is 13.9. The first-order chi connectivity index (χ1) is 21.7. The SMILES string of the molecule is CCN1C(=O)C2C(c3ccc(-c4ccc(Cl)c(Cl)c4)c(OC)c3)N[C@@](Cc3ccccc3)(C(=O)OC)C2C1=O.O=C(O)C(F)(F)F. The monoisotopic (exact) mass is 680 g/mol. The van der Waals surface area contributed by atoms with Crippen LogP contribution in [0.5, 0.6) is 5.75 Å². The number of benzene rings is 3. The normalized spacial score (nSPS) is 22.2. The van der Waals surface area contributed by atoms with Crippen LogP contribution in [0, 0.1) is 11.8 Å². The Morgan fingerprint density at radius 2 is 1.63 bits per heavy atom. The molecule has 2 amide bonds. The van der Waals surface area contributed by atoms with Crippen molar-refractivity contribution in [1.29, 1.82) is 0 Å². The largest absolute Gasteiger partial charge is 0.496 e. The van der Waals surface area contributed by atoms with Gasteiger partial charge in [0, 0.05) is 24.6 Å². The van der Waals surface area contributed by atoms with Gasteiger partial charge < -0.3 is 14.6 Å². The molecule has 3 aromatic rings. The van der Waals surface area contributed by atoms with Crippen LogP contribution in [0.3, 0.4) is 0 Å². The van der Waals surface area contributed by atoms with Crippen molar-refractivity contribution in [1.82, 2.24) is 10.2 Å². The number of esters is 1. The highest BCUT2D eigenvalue weighted by Gasteiger charge is 2.68. The average Bonchev–Trinajstić information content (AvgIpc) is 3.50. The van der Waals surface area contributed by atoms with Gasteiger partial charge in [0.05, 0.1) is 36.1 Å². The topological polar surface area (TPSA) is 122 Å². The van der Waals surface area contributed by atoms with Crippen LogP contribution >= 0.6 is 23.2 Å².